The van der Waals surface area contributed by atoms with Crippen molar-refractivity contribution in [3.05, 3.63) is 70.2 Å². The van der Waals surface area contributed by atoms with Crippen molar-refractivity contribution < 1.29 is 13.5 Å². The smallest absolute Gasteiger partial charge is 0.190 e. The van der Waals surface area contributed by atoms with E-state index in [4.69, 9.17) is 16.3 Å². The Balaban J connectivity index is 2.07. The predicted octanol–water partition coefficient (Wildman–Crippen LogP) is 4.30. The fraction of sp³-hybridized carbons (Fsp3) is 0.294. The molecule has 22 heavy (non-hydrogen) atoms. The number of rotatable bonds is 6. The van der Waals surface area contributed by atoms with E-state index in [2.05, 4.69) is 0 Å². The van der Waals surface area contributed by atoms with Crippen molar-refractivity contribution in [2.75, 3.05) is 6.61 Å². The summed E-state index contributed by atoms with van der Waals surface area (Å²) in [5, 5.41) is 0.686. The van der Waals surface area contributed by atoms with Crippen LogP contribution in [0.1, 0.15) is 23.6 Å². The van der Waals surface area contributed by atoms with Crippen molar-refractivity contribution in [2.45, 2.75) is 25.2 Å². The molecule has 0 heterocycles. The van der Waals surface area contributed by atoms with E-state index in [-0.39, 0.29) is 0 Å². The number of halogens is 1. The molecule has 0 amide bonds. The lowest BCUT2D eigenvalue weighted by molar-refractivity contribution is 0.0292. The van der Waals surface area contributed by atoms with Gasteiger partial charge in [0.25, 0.3) is 0 Å². The lowest BCUT2D eigenvalue weighted by atomic mass is 10.1. The second-order valence-electron chi connectivity index (χ2n) is 5.29. The SMILES string of the molecule is Cc1ccc(C(C)(OCCc2ccc(Cl)cc2)S(=O)O)cc1. The zero-order valence-electron chi connectivity index (χ0n) is 12.6. The number of hydrogen-bond donors (Lipinski definition) is 1. The Morgan fingerprint density at radius 1 is 1.14 bits per heavy atom. The summed E-state index contributed by atoms with van der Waals surface area (Å²) >= 11 is 3.72. The van der Waals surface area contributed by atoms with Gasteiger partial charge in [-0.1, -0.05) is 53.6 Å². The predicted molar refractivity (Wildman–Crippen MR) is 90.4 cm³/mol. The third-order valence-corrected chi connectivity index (χ3v) is 4.86. The molecule has 0 saturated carbocycles. The van der Waals surface area contributed by atoms with E-state index >= 15 is 0 Å². The van der Waals surface area contributed by atoms with Crippen molar-refractivity contribution >= 4 is 22.7 Å². The summed E-state index contributed by atoms with van der Waals surface area (Å²) < 4.78 is 27.2. The highest BCUT2D eigenvalue weighted by Crippen LogP contribution is 2.29. The molecule has 2 aromatic rings. The lowest BCUT2D eigenvalue weighted by Gasteiger charge is -2.26. The Morgan fingerprint density at radius 2 is 1.73 bits per heavy atom. The third-order valence-electron chi connectivity index (χ3n) is 3.59. The van der Waals surface area contributed by atoms with E-state index in [1.165, 1.54) is 0 Å². The monoisotopic (exact) mass is 338 g/mol. The van der Waals surface area contributed by atoms with Crippen molar-refractivity contribution in [1.29, 1.82) is 0 Å². The van der Waals surface area contributed by atoms with Crippen molar-refractivity contribution in [1.82, 2.24) is 0 Å². The molecule has 2 rings (SSSR count). The Morgan fingerprint density at radius 3 is 2.27 bits per heavy atom. The Labute approximate surface area is 138 Å². The van der Waals surface area contributed by atoms with Crippen LogP contribution in [-0.2, 0) is 27.2 Å². The first kappa shape index (κ1) is 17.2. The van der Waals surface area contributed by atoms with E-state index in [0.29, 0.717) is 23.6 Å². The molecule has 118 valence electrons. The molecule has 0 aromatic heterocycles. The van der Waals surface area contributed by atoms with E-state index in [1.54, 1.807) is 6.92 Å². The molecule has 0 bridgehead atoms. The second kappa shape index (κ2) is 7.38. The summed E-state index contributed by atoms with van der Waals surface area (Å²) in [6, 6.07) is 14.9. The zero-order valence-corrected chi connectivity index (χ0v) is 14.2. The molecule has 1 N–H and O–H groups in total. The fourth-order valence-electron chi connectivity index (χ4n) is 2.11. The van der Waals surface area contributed by atoms with E-state index < -0.39 is 16.0 Å². The van der Waals surface area contributed by atoms with Crippen LogP contribution in [0.4, 0.5) is 0 Å². The van der Waals surface area contributed by atoms with Crippen LogP contribution in [0.2, 0.25) is 5.02 Å². The van der Waals surface area contributed by atoms with Gasteiger partial charge in [0.2, 0.25) is 0 Å². The van der Waals surface area contributed by atoms with Gasteiger partial charge in [-0.3, -0.25) is 0 Å². The van der Waals surface area contributed by atoms with Gasteiger partial charge in [-0.2, -0.15) is 0 Å². The molecule has 2 unspecified atom stereocenters. The molecule has 2 aromatic carbocycles. The quantitative estimate of drug-likeness (QED) is 0.799. The van der Waals surface area contributed by atoms with Gasteiger partial charge in [-0.25, -0.2) is 4.21 Å². The van der Waals surface area contributed by atoms with Crippen LogP contribution >= 0.6 is 11.6 Å². The first-order chi connectivity index (χ1) is 10.4. The van der Waals surface area contributed by atoms with Crippen LogP contribution in [0, 0.1) is 6.92 Å². The molecular formula is C17H19ClO3S. The average Bonchev–Trinajstić information content (AvgIpc) is 2.49. The van der Waals surface area contributed by atoms with Gasteiger partial charge in [0.15, 0.2) is 16.0 Å². The lowest BCUT2D eigenvalue weighted by Crippen LogP contribution is -2.32. The molecule has 0 saturated heterocycles. The fourth-order valence-corrected chi connectivity index (χ4v) is 2.75. The minimum absolute atomic E-state index is 0.346. The summed E-state index contributed by atoms with van der Waals surface area (Å²) in [6.07, 6.45) is 0.649. The highest BCUT2D eigenvalue weighted by molar-refractivity contribution is 7.80. The average molecular weight is 339 g/mol. The summed E-state index contributed by atoms with van der Waals surface area (Å²) in [4.78, 5) is -1.24. The summed E-state index contributed by atoms with van der Waals surface area (Å²) in [5.74, 6) is 0. The van der Waals surface area contributed by atoms with Gasteiger partial charge >= 0.3 is 0 Å². The summed E-state index contributed by atoms with van der Waals surface area (Å²) in [6.45, 7) is 3.95. The van der Waals surface area contributed by atoms with Crippen LogP contribution < -0.4 is 0 Å². The van der Waals surface area contributed by atoms with E-state index in [0.717, 1.165) is 11.1 Å². The van der Waals surface area contributed by atoms with Crippen LogP contribution in [0.5, 0.6) is 0 Å². The normalized spacial score (nSPS) is 15.3. The topological polar surface area (TPSA) is 46.5 Å². The van der Waals surface area contributed by atoms with Gasteiger partial charge in [-0.05, 0) is 43.5 Å². The molecule has 5 heteroatoms. The van der Waals surface area contributed by atoms with Crippen molar-refractivity contribution in [3.8, 4) is 0 Å². The van der Waals surface area contributed by atoms with Gasteiger partial charge < -0.3 is 9.29 Å². The van der Waals surface area contributed by atoms with Gasteiger partial charge in [0.05, 0.1) is 6.61 Å². The summed E-state index contributed by atoms with van der Waals surface area (Å²) in [5.41, 5.74) is 2.85. The maximum Gasteiger partial charge on any atom is 0.190 e. The molecule has 0 aliphatic rings. The highest BCUT2D eigenvalue weighted by atomic mass is 35.5. The molecule has 2 atom stereocenters. The standard InChI is InChI=1S/C17H19ClO3S/c1-13-3-7-15(8-4-13)17(2,22(19)20)21-12-11-14-5-9-16(18)10-6-14/h3-10H,11-12H2,1-2H3,(H,19,20). The van der Waals surface area contributed by atoms with Crippen molar-refractivity contribution in [2.24, 2.45) is 0 Å². The van der Waals surface area contributed by atoms with Gasteiger partial charge in [0, 0.05) is 5.02 Å². The number of ether oxygens (including phenoxy) is 1. The van der Waals surface area contributed by atoms with Gasteiger partial charge in [-0.15, -0.1) is 0 Å². The molecule has 0 radical (unpaired) electrons. The minimum Gasteiger partial charge on any atom is -0.355 e. The molecule has 0 aliphatic heterocycles. The van der Waals surface area contributed by atoms with E-state index in [1.807, 2.05) is 55.5 Å². The largest absolute Gasteiger partial charge is 0.355 e. The molecule has 0 aliphatic carbocycles. The van der Waals surface area contributed by atoms with Crippen LogP contribution in [0.15, 0.2) is 48.5 Å². The number of hydrogen-bond acceptors (Lipinski definition) is 2. The first-order valence-corrected chi connectivity index (χ1v) is 8.47. The molecular weight excluding hydrogens is 320 g/mol. The van der Waals surface area contributed by atoms with Crippen molar-refractivity contribution in [3.63, 3.8) is 0 Å². The van der Waals surface area contributed by atoms with Gasteiger partial charge in [0.1, 0.15) is 0 Å². The molecule has 0 fully saturated rings. The first-order valence-electron chi connectivity index (χ1n) is 6.98. The third kappa shape index (κ3) is 4.17. The van der Waals surface area contributed by atoms with Crippen LogP contribution in [0.3, 0.4) is 0 Å². The second-order valence-corrected chi connectivity index (χ2v) is 7.00. The molecule has 0 spiro atoms. The maximum absolute atomic E-state index is 11.8. The van der Waals surface area contributed by atoms with E-state index in [9.17, 15) is 8.76 Å². The zero-order chi connectivity index (χ0) is 16.2. The Hall–Kier alpha value is -1.20. The number of benzene rings is 2. The maximum atomic E-state index is 11.8. The minimum atomic E-state index is -2.13. The summed E-state index contributed by atoms with van der Waals surface area (Å²) in [7, 11) is 0. The van der Waals surface area contributed by atoms with Crippen LogP contribution in [0.25, 0.3) is 0 Å². The Kier molecular flexibility index (Phi) is 5.75. The Bertz CT molecular complexity index is 640. The number of aryl methyl sites for hydroxylation is 1. The van der Waals surface area contributed by atoms with Crippen LogP contribution in [-0.4, -0.2) is 15.4 Å². The highest BCUT2D eigenvalue weighted by Gasteiger charge is 2.34. The molecule has 3 nitrogen and oxygen atoms in total.